The summed E-state index contributed by atoms with van der Waals surface area (Å²) in [6.45, 7) is 3.67. The number of hydrogen-bond acceptors (Lipinski definition) is 5. The zero-order valence-electron chi connectivity index (χ0n) is 25.2. The monoisotopic (exact) mass is 584 g/mol. The molecule has 43 heavy (non-hydrogen) atoms. The topological polar surface area (TPSA) is 71.9 Å². The molecule has 2 aliphatic carbocycles. The third kappa shape index (κ3) is 5.30. The minimum Gasteiger partial charge on any atom is -0.485 e. The van der Waals surface area contributed by atoms with Crippen LogP contribution in [-0.2, 0) is 17.8 Å². The zero-order chi connectivity index (χ0) is 29.7. The van der Waals surface area contributed by atoms with E-state index in [9.17, 15) is 9.90 Å². The van der Waals surface area contributed by atoms with Crippen LogP contribution in [0.4, 0.5) is 4.39 Å². The number of hydrogen-bond donors (Lipinski definition) is 1. The number of carboxylic acid groups (broad SMARTS) is 1. The van der Waals surface area contributed by atoms with Gasteiger partial charge in [-0.05, 0) is 110 Å². The SMILES string of the molecule is COc1cc(-c2ccc(C3CCc4ccc([C@H](C5CC5)[C@H](C)C(=O)O)cc4O3)cc2CN2CCCC23CCC3)c(F)cn1. The number of methoxy groups -OCH3 is 1. The van der Waals surface area contributed by atoms with E-state index >= 15 is 4.39 Å². The summed E-state index contributed by atoms with van der Waals surface area (Å²) in [7, 11) is 1.55. The van der Waals surface area contributed by atoms with Crippen LogP contribution in [0.3, 0.4) is 0 Å². The normalized spacial score (nSPS) is 22.3. The fourth-order valence-corrected chi connectivity index (χ4v) is 7.95. The number of nitrogens with zero attached hydrogens (tertiary/aromatic N) is 2. The summed E-state index contributed by atoms with van der Waals surface area (Å²) in [5.41, 5.74) is 6.11. The highest BCUT2D eigenvalue weighted by atomic mass is 19.1. The molecule has 7 rings (SSSR count). The van der Waals surface area contributed by atoms with Gasteiger partial charge in [-0.2, -0.15) is 0 Å². The largest absolute Gasteiger partial charge is 0.485 e. The van der Waals surface area contributed by atoms with Crippen molar-refractivity contribution in [1.29, 1.82) is 0 Å². The highest BCUT2D eigenvalue weighted by molar-refractivity contribution is 5.71. The van der Waals surface area contributed by atoms with Crippen LogP contribution in [-0.4, -0.2) is 40.2 Å². The van der Waals surface area contributed by atoms with Crippen LogP contribution in [0.25, 0.3) is 11.1 Å². The number of likely N-dealkylation sites (tertiary alicyclic amines) is 1. The Morgan fingerprint density at radius 3 is 2.65 bits per heavy atom. The maximum atomic E-state index is 15.2. The van der Waals surface area contributed by atoms with Crippen LogP contribution >= 0.6 is 0 Å². The molecule has 4 aliphatic rings. The van der Waals surface area contributed by atoms with Gasteiger partial charge in [-0.25, -0.2) is 9.37 Å². The number of fused-ring (bicyclic) bond motifs is 1. The molecule has 3 atom stereocenters. The van der Waals surface area contributed by atoms with Crippen molar-refractivity contribution in [3.05, 3.63) is 76.7 Å². The maximum Gasteiger partial charge on any atom is 0.306 e. The lowest BCUT2D eigenvalue weighted by Gasteiger charge is -2.46. The highest BCUT2D eigenvalue weighted by Gasteiger charge is 2.45. The summed E-state index contributed by atoms with van der Waals surface area (Å²) in [6, 6.07) is 14.4. The van der Waals surface area contributed by atoms with Gasteiger partial charge in [-0.1, -0.05) is 37.3 Å². The van der Waals surface area contributed by atoms with E-state index in [1.165, 1.54) is 43.9 Å². The number of rotatable bonds is 9. The molecule has 3 aromatic rings. The number of halogens is 1. The second-order valence-electron chi connectivity index (χ2n) is 13.2. The van der Waals surface area contributed by atoms with Crippen molar-refractivity contribution >= 4 is 5.97 Å². The predicted molar refractivity (Wildman–Crippen MR) is 163 cm³/mol. The Hall–Kier alpha value is -3.45. The summed E-state index contributed by atoms with van der Waals surface area (Å²) in [5.74, 6) is 0.154. The molecule has 1 spiro atoms. The standard InChI is InChI=1S/C36H41FN2O4/c1-22(35(40)41)34(24-6-7-24)26-8-5-23-10-12-31(43-32(23)18-26)25-9-11-28(29-19-33(42-2)38-20-30(29)37)27(17-25)21-39-16-4-15-36(39)13-3-14-36/h5,8-9,11,17-20,22,24,31,34H,3-4,6-7,10,12-16,21H2,1-2H3,(H,40,41)/t22-,31?,34-/m0/s1. The van der Waals surface area contributed by atoms with Gasteiger partial charge in [0.1, 0.15) is 17.7 Å². The molecular formula is C36H41FN2O4. The fraction of sp³-hybridized carbons (Fsp3) is 0.500. The molecule has 0 radical (unpaired) electrons. The number of carbonyl (C=O) groups is 1. The average Bonchev–Trinajstić information content (AvgIpc) is 3.74. The number of benzene rings is 2. The lowest BCUT2D eigenvalue weighted by atomic mass is 9.74. The van der Waals surface area contributed by atoms with Crippen LogP contribution in [0, 0.1) is 17.7 Å². The van der Waals surface area contributed by atoms with Gasteiger partial charge in [0.2, 0.25) is 5.88 Å². The Labute approximate surface area is 253 Å². The molecule has 0 bridgehead atoms. The van der Waals surface area contributed by atoms with Crippen LogP contribution in [0.15, 0.2) is 48.7 Å². The van der Waals surface area contributed by atoms with Crippen molar-refractivity contribution in [2.24, 2.45) is 11.8 Å². The Morgan fingerprint density at radius 2 is 1.93 bits per heavy atom. The third-order valence-electron chi connectivity index (χ3n) is 10.7. The summed E-state index contributed by atoms with van der Waals surface area (Å²) in [6.07, 6.45) is 11.3. The van der Waals surface area contributed by atoms with Gasteiger partial charge >= 0.3 is 5.97 Å². The Kier molecular flexibility index (Phi) is 7.40. The number of carboxylic acids is 1. The molecule has 226 valence electrons. The van der Waals surface area contributed by atoms with Gasteiger partial charge in [0.25, 0.3) is 0 Å². The van der Waals surface area contributed by atoms with Crippen molar-refractivity contribution in [2.75, 3.05) is 13.7 Å². The molecule has 6 nitrogen and oxygen atoms in total. The Balaban J connectivity index is 1.21. The molecule has 1 saturated heterocycles. The molecular weight excluding hydrogens is 543 g/mol. The molecule has 1 N–H and O–H groups in total. The summed E-state index contributed by atoms with van der Waals surface area (Å²) >= 11 is 0. The van der Waals surface area contributed by atoms with Gasteiger partial charge in [0.15, 0.2) is 0 Å². The minimum absolute atomic E-state index is 0.00389. The molecule has 2 aromatic carbocycles. The van der Waals surface area contributed by atoms with Gasteiger partial charge in [0.05, 0.1) is 19.2 Å². The van der Waals surface area contributed by atoms with Crippen molar-refractivity contribution in [3.8, 4) is 22.8 Å². The molecule has 3 heterocycles. The van der Waals surface area contributed by atoms with Gasteiger partial charge in [0, 0.05) is 23.7 Å². The predicted octanol–water partition coefficient (Wildman–Crippen LogP) is 7.70. The molecule has 1 aromatic heterocycles. The van der Waals surface area contributed by atoms with Crippen molar-refractivity contribution in [1.82, 2.24) is 9.88 Å². The van der Waals surface area contributed by atoms with E-state index < -0.39 is 11.9 Å². The first-order valence-corrected chi connectivity index (χ1v) is 16.0. The van der Waals surface area contributed by atoms with Crippen molar-refractivity contribution in [2.45, 2.75) is 88.8 Å². The number of aliphatic carboxylic acids is 1. The molecule has 0 amide bonds. The number of ether oxygens (including phenoxy) is 2. The fourth-order valence-electron chi connectivity index (χ4n) is 7.95. The van der Waals surface area contributed by atoms with E-state index in [0.717, 1.165) is 66.8 Å². The Bertz CT molecular complexity index is 1530. The molecule has 7 heteroatoms. The molecule has 2 aliphatic heterocycles. The lowest BCUT2D eigenvalue weighted by molar-refractivity contribution is -0.142. The summed E-state index contributed by atoms with van der Waals surface area (Å²) < 4.78 is 27.2. The minimum atomic E-state index is -0.744. The number of pyridine rings is 1. The second-order valence-corrected chi connectivity index (χ2v) is 13.2. The molecule has 1 unspecified atom stereocenters. The second kappa shape index (κ2) is 11.2. The van der Waals surface area contributed by atoms with Gasteiger partial charge in [-0.3, -0.25) is 9.69 Å². The first kappa shape index (κ1) is 28.3. The summed E-state index contributed by atoms with van der Waals surface area (Å²) in [4.78, 5) is 18.6. The van der Waals surface area contributed by atoms with Crippen LogP contribution < -0.4 is 9.47 Å². The van der Waals surface area contributed by atoms with Crippen LogP contribution in [0.1, 0.15) is 92.6 Å². The van der Waals surface area contributed by atoms with Crippen LogP contribution in [0.5, 0.6) is 11.6 Å². The average molecular weight is 585 g/mol. The van der Waals surface area contributed by atoms with E-state index in [2.05, 4.69) is 40.2 Å². The zero-order valence-corrected chi connectivity index (χ0v) is 25.2. The van der Waals surface area contributed by atoms with Gasteiger partial charge < -0.3 is 14.6 Å². The van der Waals surface area contributed by atoms with Crippen molar-refractivity contribution in [3.63, 3.8) is 0 Å². The first-order chi connectivity index (χ1) is 20.8. The molecule has 3 fully saturated rings. The van der Waals surface area contributed by atoms with E-state index in [1.807, 2.05) is 13.0 Å². The van der Waals surface area contributed by atoms with Crippen LogP contribution in [0.2, 0.25) is 0 Å². The quantitative estimate of drug-likeness (QED) is 0.278. The van der Waals surface area contributed by atoms with E-state index in [0.29, 0.717) is 22.9 Å². The first-order valence-electron chi connectivity index (χ1n) is 16.0. The number of aromatic nitrogens is 1. The van der Waals surface area contributed by atoms with E-state index in [1.54, 1.807) is 13.2 Å². The highest BCUT2D eigenvalue weighted by Crippen LogP contribution is 2.49. The molecule has 2 saturated carbocycles. The Morgan fingerprint density at radius 1 is 1.12 bits per heavy atom. The van der Waals surface area contributed by atoms with Gasteiger partial charge in [-0.15, -0.1) is 0 Å². The van der Waals surface area contributed by atoms with E-state index in [4.69, 9.17) is 9.47 Å². The van der Waals surface area contributed by atoms with E-state index in [-0.39, 0.29) is 17.8 Å². The summed E-state index contributed by atoms with van der Waals surface area (Å²) in [5, 5.41) is 9.78. The number of aryl methyl sites for hydroxylation is 1. The van der Waals surface area contributed by atoms with Crippen molar-refractivity contribution < 1.29 is 23.8 Å². The third-order valence-corrected chi connectivity index (χ3v) is 10.7. The lowest BCUT2D eigenvalue weighted by Crippen LogP contribution is -2.48. The smallest absolute Gasteiger partial charge is 0.306 e. The maximum absolute atomic E-state index is 15.2.